The second kappa shape index (κ2) is 8.90. The monoisotopic (exact) mass is 392 g/mol. The zero-order valence-corrected chi connectivity index (χ0v) is 17.5. The van der Waals surface area contributed by atoms with Gasteiger partial charge in [-0.1, -0.05) is 37.6 Å². The summed E-state index contributed by atoms with van der Waals surface area (Å²) in [6.07, 6.45) is 3.51. The first-order chi connectivity index (χ1) is 14.0. The number of anilines is 1. The number of nitrogens with one attached hydrogen (secondary N) is 1. The third-order valence-corrected chi connectivity index (χ3v) is 4.86. The van der Waals surface area contributed by atoms with Crippen LogP contribution in [0.2, 0.25) is 0 Å². The summed E-state index contributed by atoms with van der Waals surface area (Å²) in [6.45, 7) is 9.39. The van der Waals surface area contributed by atoms with Gasteiger partial charge in [0, 0.05) is 25.0 Å². The molecule has 29 heavy (non-hydrogen) atoms. The predicted molar refractivity (Wildman–Crippen MR) is 116 cm³/mol. The number of fused-ring (bicyclic) bond motifs is 1. The molecule has 6 nitrogen and oxygen atoms in total. The minimum atomic E-state index is -0.338. The highest BCUT2D eigenvalue weighted by Crippen LogP contribution is 2.20. The Morgan fingerprint density at radius 3 is 2.45 bits per heavy atom. The van der Waals surface area contributed by atoms with Crippen LogP contribution in [0.1, 0.15) is 58.9 Å². The molecule has 0 aliphatic rings. The number of carbonyl (C=O) groups is 2. The highest BCUT2D eigenvalue weighted by atomic mass is 16.2. The van der Waals surface area contributed by atoms with Crippen LogP contribution in [0.3, 0.4) is 0 Å². The van der Waals surface area contributed by atoms with Crippen molar-refractivity contribution in [1.82, 2.24) is 14.3 Å². The van der Waals surface area contributed by atoms with E-state index in [1.807, 2.05) is 64.1 Å². The van der Waals surface area contributed by atoms with E-state index in [9.17, 15) is 9.59 Å². The third-order valence-electron chi connectivity index (χ3n) is 4.86. The van der Waals surface area contributed by atoms with Gasteiger partial charge in [0.05, 0.1) is 5.52 Å². The van der Waals surface area contributed by atoms with E-state index in [1.54, 1.807) is 15.5 Å². The van der Waals surface area contributed by atoms with Gasteiger partial charge in [-0.3, -0.25) is 14.0 Å². The van der Waals surface area contributed by atoms with E-state index < -0.39 is 0 Å². The van der Waals surface area contributed by atoms with E-state index in [2.05, 4.69) is 10.3 Å². The number of aromatic nitrogens is 2. The first kappa shape index (κ1) is 20.6. The van der Waals surface area contributed by atoms with Crippen LogP contribution >= 0.6 is 0 Å². The molecular formula is C23H28N4O2. The smallest absolute Gasteiger partial charge is 0.292 e. The van der Waals surface area contributed by atoms with Gasteiger partial charge in [-0.05, 0) is 50.5 Å². The Labute approximate surface area is 171 Å². The molecule has 3 rings (SSSR count). The highest BCUT2D eigenvalue weighted by molar-refractivity contribution is 6.06. The third kappa shape index (κ3) is 4.31. The summed E-state index contributed by atoms with van der Waals surface area (Å²) in [4.78, 5) is 32.4. The summed E-state index contributed by atoms with van der Waals surface area (Å²) in [5.41, 5.74) is 3.80. The maximum atomic E-state index is 13.1. The van der Waals surface area contributed by atoms with Crippen molar-refractivity contribution >= 4 is 23.0 Å². The first-order valence-electron chi connectivity index (χ1n) is 10.1. The summed E-state index contributed by atoms with van der Waals surface area (Å²) in [5, 5.41) is 2.93. The van der Waals surface area contributed by atoms with Gasteiger partial charge >= 0.3 is 0 Å². The van der Waals surface area contributed by atoms with Crippen molar-refractivity contribution in [3.63, 3.8) is 0 Å². The molecule has 0 bridgehead atoms. The van der Waals surface area contributed by atoms with Gasteiger partial charge < -0.3 is 10.2 Å². The zero-order chi connectivity index (χ0) is 21.0. The average Bonchev–Trinajstić information content (AvgIpc) is 3.09. The first-order valence-corrected chi connectivity index (χ1v) is 10.1. The number of hydrogen-bond donors (Lipinski definition) is 1. The number of hydrogen-bond acceptors (Lipinski definition) is 3. The average molecular weight is 393 g/mol. The molecule has 0 spiro atoms. The lowest BCUT2D eigenvalue weighted by atomic mass is 10.1. The van der Waals surface area contributed by atoms with E-state index in [4.69, 9.17) is 0 Å². The SMILES string of the molecule is CCCN(CCC)C(=O)c1nc(C(=O)Nc2ccc(C)cc2C)n2ccccc12. The van der Waals surface area contributed by atoms with Gasteiger partial charge in [0.2, 0.25) is 5.82 Å². The van der Waals surface area contributed by atoms with Crippen molar-refractivity contribution in [1.29, 1.82) is 0 Å². The summed E-state index contributed by atoms with van der Waals surface area (Å²) in [6, 6.07) is 11.4. The topological polar surface area (TPSA) is 66.7 Å². The number of nitrogens with zero attached hydrogens (tertiary/aromatic N) is 3. The number of aryl methyl sites for hydroxylation is 2. The molecular weight excluding hydrogens is 364 g/mol. The highest BCUT2D eigenvalue weighted by Gasteiger charge is 2.24. The van der Waals surface area contributed by atoms with Crippen LogP contribution in [0, 0.1) is 13.8 Å². The van der Waals surface area contributed by atoms with Crippen molar-refractivity contribution in [3.8, 4) is 0 Å². The summed E-state index contributed by atoms with van der Waals surface area (Å²) in [5.74, 6) is -0.269. The van der Waals surface area contributed by atoms with Crippen LogP contribution in [0.15, 0.2) is 42.6 Å². The molecule has 2 aromatic heterocycles. The van der Waals surface area contributed by atoms with Gasteiger partial charge in [0.15, 0.2) is 5.69 Å². The second-order valence-corrected chi connectivity index (χ2v) is 7.30. The quantitative estimate of drug-likeness (QED) is 0.645. The van der Waals surface area contributed by atoms with Gasteiger partial charge in [0.25, 0.3) is 11.8 Å². The van der Waals surface area contributed by atoms with Gasteiger partial charge in [-0.2, -0.15) is 0 Å². The fourth-order valence-corrected chi connectivity index (χ4v) is 3.49. The molecule has 1 aromatic carbocycles. The standard InChI is InChI=1S/C23H28N4O2/c1-5-12-26(13-6-2)23(29)20-19-9-7-8-14-27(19)21(25-20)22(28)24-18-11-10-16(3)15-17(18)4/h7-11,14-15H,5-6,12-13H2,1-4H3,(H,24,28). The van der Waals surface area contributed by atoms with Crippen LogP contribution in [-0.4, -0.2) is 39.2 Å². The molecule has 152 valence electrons. The Morgan fingerprint density at radius 2 is 1.79 bits per heavy atom. The zero-order valence-electron chi connectivity index (χ0n) is 17.5. The van der Waals surface area contributed by atoms with Crippen molar-refractivity contribution < 1.29 is 9.59 Å². The van der Waals surface area contributed by atoms with Crippen molar-refractivity contribution in [2.45, 2.75) is 40.5 Å². The number of carbonyl (C=O) groups excluding carboxylic acids is 2. The number of rotatable bonds is 7. The summed E-state index contributed by atoms with van der Waals surface area (Å²) in [7, 11) is 0. The Balaban J connectivity index is 1.99. The molecule has 0 radical (unpaired) electrons. The summed E-state index contributed by atoms with van der Waals surface area (Å²) < 4.78 is 1.68. The number of imidazole rings is 1. The lowest BCUT2D eigenvalue weighted by Crippen LogP contribution is -2.33. The largest absolute Gasteiger partial charge is 0.337 e. The number of benzene rings is 1. The minimum Gasteiger partial charge on any atom is -0.337 e. The minimum absolute atomic E-state index is 0.136. The van der Waals surface area contributed by atoms with E-state index >= 15 is 0 Å². The van der Waals surface area contributed by atoms with Crippen molar-refractivity contribution in [3.05, 3.63) is 65.2 Å². The number of pyridine rings is 1. The molecule has 0 aliphatic carbocycles. The normalized spacial score (nSPS) is 10.9. The maximum Gasteiger partial charge on any atom is 0.292 e. The molecule has 0 aliphatic heterocycles. The second-order valence-electron chi connectivity index (χ2n) is 7.30. The molecule has 2 amide bonds. The van der Waals surface area contributed by atoms with E-state index in [1.165, 1.54) is 0 Å². The van der Waals surface area contributed by atoms with Gasteiger partial charge in [0.1, 0.15) is 0 Å². The Bertz CT molecular complexity index is 1030. The maximum absolute atomic E-state index is 13.1. The van der Waals surface area contributed by atoms with Crippen LogP contribution in [0.4, 0.5) is 5.69 Å². The lowest BCUT2D eigenvalue weighted by molar-refractivity contribution is 0.0752. The van der Waals surface area contributed by atoms with E-state index in [-0.39, 0.29) is 17.6 Å². The number of amides is 2. The molecule has 1 N–H and O–H groups in total. The Kier molecular flexibility index (Phi) is 6.32. The van der Waals surface area contributed by atoms with Crippen LogP contribution in [-0.2, 0) is 0 Å². The fraction of sp³-hybridized carbons (Fsp3) is 0.348. The van der Waals surface area contributed by atoms with Gasteiger partial charge in [-0.25, -0.2) is 4.98 Å². The molecule has 0 saturated carbocycles. The Morgan fingerprint density at radius 1 is 1.07 bits per heavy atom. The van der Waals surface area contributed by atoms with Crippen LogP contribution in [0.5, 0.6) is 0 Å². The van der Waals surface area contributed by atoms with Gasteiger partial charge in [-0.15, -0.1) is 0 Å². The molecule has 0 unspecified atom stereocenters. The van der Waals surface area contributed by atoms with Crippen molar-refractivity contribution in [2.24, 2.45) is 0 Å². The molecule has 3 aromatic rings. The fourth-order valence-electron chi connectivity index (χ4n) is 3.49. The molecule has 6 heteroatoms. The molecule has 0 atom stereocenters. The molecule has 0 fully saturated rings. The van der Waals surface area contributed by atoms with Crippen molar-refractivity contribution in [2.75, 3.05) is 18.4 Å². The van der Waals surface area contributed by atoms with E-state index in [0.717, 1.165) is 29.7 Å². The predicted octanol–water partition coefficient (Wildman–Crippen LogP) is 4.47. The van der Waals surface area contributed by atoms with Crippen LogP contribution < -0.4 is 5.32 Å². The lowest BCUT2D eigenvalue weighted by Gasteiger charge is -2.20. The van der Waals surface area contributed by atoms with E-state index in [0.29, 0.717) is 24.3 Å². The van der Waals surface area contributed by atoms with Crippen LogP contribution in [0.25, 0.3) is 5.52 Å². The molecule has 0 saturated heterocycles. The molecule has 2 heterocycles. The Hall–Kier alpha value is -3.15. The summed E-state index contributed by atoms with van der Waals surface area (Å²) >= 11 is 0.